The second kappa shape index (κ2) is 8.76. The first-order chi connectivity index (χ1) is 13.9. The van der Waals surface area contributed by atoms with Crippen molar-refractivity contribution in [3.05, 3.63) is 71.8 Å². The van der Waals surface area contributed by atoms with Crippen molar-refractivity contribution in [2.45, 2.75) is 44.6 Å². The molecule has 0 unspecified atom stereocenters. The van der Waals surface area contributed by atoms with E-state index < -0.39 is 16.1 Å². The van der Waals surface area contributed by atoms with Crippen LogP contribution < -0.4 is 10.0 Å². The van der Waals surface area contributed by atoms with Crippen LogP contribution in [0.1, 0.15) is 31.9 Å². The molecule has 0 radical (unpaired) electrons. The summed E-state index contributed by atoms with van der Waals surface area (Å²) in [6.45, 7) is 5.60. The first-order valence-corrected chi connectivity index (χ1v) is 11.3. The summed E-state index contributed by atoms with van der Waals surface area (Å²) in [4.78, 5) is 12.9. The number of hydrogen-bond acceptors (Lipinski definition) is 3. The largest absolute Gasteiger partial charge is 0.324 e. The van der Waals surface area contributed by atoms with E-state index in [9.17, 15) is 13.2 Å². The van der Waals surface area contributed by atoms with E-state index in [2.05, 4.69) is 10.0 Å². The zero-order valence-electron chi connectivity index (χ0n) is 16.9. The van der Waals surface area contributed by atoms with E-state index in [1.165, 1.54) is 0 Å². The molecule has 0 aliphatic heterocycles. The summed E-state index contributed by atoms with van der Waals surface area (Å²) in [5.74, 6) is -0.384. The summed E-state index contributed by atoms with van der Waals surface area (Å²) in [5, 5.41) is 4.71. The summed E-state index contributed by atoms with van der Waals surface area (Å²) in [7, 11) is -3.83. The zero-order valence-corrected chi connectivity index (χ0v) is 17.7. The fourth-order valence-corrected chi connectivity index (χ4v) is 4.56. The lowest BCUT2D eigenvalue weighted by Crippen LogP contribution is -2.41. The number of para-hydroxylation sites is 1. The second-order valence-electron chi connectivity index (χ2n) is 7.00. The molecule has 1 amide bonds. The Morgan fingerprint density at radius 2 is 1.52 bits per heavy atom. The van der Waals surface area contributed by atoms with Crippen molar-refractivity contribution in [1.82, 2.24) is 4.72 Å². The maximum absolute atomic E-state index is 12.8. The van der Waals surface area contributed by atoms with Gasteiger partial charge in [-0.05, 0) is 53.8 Å². The predicted octanol–water partition coefficient (Wildman–Crippen LogP) is 4.27. The van der Waals surface area contributed by atoms with Crippen molar-refractivity contribution in [2.75, 3.05) is 5.32 Å². The number of amides is 1. The molecule has 1 atom stereocenters. The molecule has 0 spiro atoms. The fourth-order valence-electron chi connectivity index (χ4n) is 3.32. The lowest BCUT2D eigenvalue weighted by molar-refractivity contribution is -0.117. The summed E-state index contributed by atoms with van der Waals surface area (Å²) in [6, 6.07) is 17.5. The molecule has 29 heavy (non-hydrogen) atoms. The van der Waals surface area contributed by atoms with Gasteiger partial charge < -0.3 is 5.32 Å². The van der Waals surface area contributed by atoms with Gasteiger partial charge in [-0.3, -0.25) is 4.79 Å². The molecule has 3 rings (SSSR count). The van der Waals surface area contributed by atoms with Crippen molar-refractivity contribution >= 4 is 32.4 Å². The van der Waals surface area contributed by atoms with Gasteiger partial charge in [0.15, 0.2) is 0 Å². The molecule has 0 heterocycles. The third-order valence-corrected chi connectivity index (χ3v) is 6.54. The third kappa shape index (κ3) is 4.66. The van der Waals surface area contributed by atoms with Crippen molar-refractivity contribution in [2.24, 2.45) is 0 Å². The number of fused-ring (bicyclic) bond motifs is 1. The highest BCUT2D eigenvalue weighted by Crippen LogP contribution is 2.23. The minimum Gasteiger partial charge on any atom is -0.324 e. The molecule has 5 nitrogen and oxygen atoms in total. The van der Waals surface area contributed by atoms with Gasteiger partial charge in [0.1, 0.15) is 0 Å². The van der Waals surface area contributed by atoms with Gasteiger partial charge in [-0.15, -0.1) is 0 Å². The van der Waals surface area contributed by atoms with Crippen LogP contribution in [0.5, 0.6) is 0 Å². The zero-order chi connectivity index (χ0) is 21.0. The monoisotopic (exact) mass is 410 g/mol. The number of hydrogen-bond donors (Lipinski definition) is 2. The molecule has 0 fully saturated rings. The van der Waals surface area contributed by atoms with Crippen LogP contribution in [0.2, 0.25) is 0 Å². The number of aryl methyl sites for hydroxylation is 2. The summed E-state index contributed by atoms with van der Waals surface area (Å²) >= 11 is 0. The standard InChI is InChI=1S/C23H26N2O3S/c1-4-17-11-8-12-18(5-2)22(17)24-23(26)16(3)25-29(27,28)21-14-13-19-9-6-7-10-20(19)15-21/h6-16,25H,4-5H2,1-3H3,(H,24,26)/t16-/m0/s1. The molecular weight excluding hydrogens is 384 g/mol. The Morgan fingerprint density at radius 1 is 0.897 bits per heavy atom. The summed E-state index contributed by atoms with van der Waals surface area (Å²) in [5.41, 5.74) is 2.84. The van der Waals surface area contributed by atoms with Crippen molar-refractivity contribution in [3.63, 3.8) is 0 Å². The molecule has 3 aromatic carbocycles. The van der Waals surface area contributed by atoms with Gasteiger partial charge in [0, 0.05) is 5.69 Å². The number of carbonyl (C=O) groups is 1. The van der Waals surface area contributed by atoms with Crippen LogP contribution in [-0.4, -0.2) is 20.4 Å². The Hall–Kier alpha value is -2.70. The van der Waals surface area contributed by atoms with E-state index in [0.717, 1.165) is 40.4 Å². The molecule has 0 aromatic heterocycles. The van der Waals surface area contributed by atoms with E-state index in [4.69, 9.17) is 0 Å². The SMILES string of the molecule is CCc1cccc(CC)c1NC(=O)[C@H](C)NS(=O)(=O)c1ccc2ccccc2c1. The first-order valence-electron chi connectivity index (χ1n) is 9.78. The van der Waals surface area contributed by atoms with Gasteiger partial charge >= 0.3 is 0 Å². The molecule has 0 saturated carbocycles. The van der Waals surface area contributed by atoms with Crippen LogP contribution in [0.25, 0.3) is 10.8 Å². The summed E-state index contributed by atoms with van der Waals surface area (Å²) < 4.78 is 28.1. The number of nitrogens with one attached hydrogen (secondary N) is 2. The minimum atomic E-state index is -3.83. The maximum Gasteiger partial charge on any atom is 0.242 e. The minimum absolute atomic E-state index is 0.138. The number of rotatable bonds is 7. The average Bonchev–Trinajstić information content (AvgIpc) is 2.73. The van der Waals surface area contributed by atoms with Crippen molar-refractivity contribution in [3.8, 4) is 0 Å². The molecule has 3 aromatic rings. The van der Waals surface area contributed by atoms with Crippen LogP contribution in [0, 0.1) is 0 Å². The van der Waals surface area contributed by atoms with E-state index in [0.29, 0.717) is 0 Å². The number of sulfonamides is 1. The van der Waals surface area contributed by atoms with Crippen molar-refractivity contribution in [1.29, 1.82) is 0 Å². The van der Waals surface area contributed by atoms with E-state index >= 15 is 0 Å². The van der Waals surface area contributed by atoms with Gasteiger partial charge in [0.25, 0.3) is 0 Å². The Kier molecular flexibility index (Phi) is 6.35. The fraction of sp³-hybridized carbons (Fsp3) is 0.261. The van der Waals surface area contributed by atoms with E-state index in [-0.39, 0.29) is 10.8 Å². The molecule has 152 valence electrons. The predicted molar refractivity (Wildman–Crippen MR) is 118 cm³/mol. The van der Waals surface area contributed by atoms with Crippen LogP contribution in [-0.2, 0) is 27.7 Å². The second-order valence-corrected chi connectivity index (χ2v) is 8.71. The molecule has 2 N–H and O–H groups in total. The molecule has 0 saturated heterocycles. The number of anilines is 1. The van der Waals surface area contributed by atoms with Crippen molar-refractivity contribution < 1.29 is 13.2 Å². The molecule has 0 aliphatic rings. The summed E-state index contributed by atoms with van der Waals surface area (Å²) in [6.07, 6.45) is 1.56. The van der Waals surface area contributed by atoms with Crippen LogP contribution in [0.3, 0.4) is 0 Å². The Balaban J connectivity index is 1.80. The molecule has 6 heteroatoms. The van der Waals surface area contributed by atoms with Gasteiger partial charge in [-0.1, -0.05) is 62.4 Å². The maximum atomic E-state index is 12.8. The Labute approximate surface area is 172 Å². The Bertz CT molecular complexity index is 1120. The average molecular weight is 411 g/mol. The van der Waals surface area contributed by atoms with Gasteiger partial charge in [-0.25, -0.2) is 8.42 Å². The van der Waals surface area contributed by atoms with Gasteiger partial charge in [-0.2, -0.15) is 4.72 Å². The highest BCUT2D eigenvalue weighted by atomic mass is 32.2. The van der Waals surface area contributed by atoms with Gasteiger partial charge in [0.05, 0.1) is 10.9 Å². The third-order valence-electron chi connectivity index (χ3n) is 5.00. The molecule has 0 bridgehead atoms. The lowest BCUT2D eigenvalue weighted by atomic mass is 10.0. The van der Waals surface area contributed by atoms with E-state index in [1.54, 1.807) is 25.1 Å². The van der Waals surface area contributed by atoms with Gasteiger partial charge in [0.2, 0.25) is 15.9 Å². The van der Waals surface area contributed by atoms with Crippen LogP contribution in [0.15, 0.2) is 65.6 Å². The topological polar surface area (TPSA) is 75.3 Å². The van der Waals surface area contributed by atoms with E-state index in [1.807, 2.05) is 56.3 Å². The highest BCUT2D eigenvalue weighted by molar-refractivity contribution is 7.89. The highest BCUT2D eigenvalue weighted by Gasteiger charge is 2.23. The van der Waals surface area contributed by atoms with Crippen LogP contribution in [0.4, 0.5) is 5.69 Å². The molecule has 0 aliphatic carbocycles. The van der Waals surface area contributed by atoms with Crippen LogP contribution >= 0.6 is 0 Å². The number of carbonyl (C=O) groups excluding carboxylic acids is 1. The Morgan fingerprint density at radius 3 is 2.14 bits per heavy atom. The first kappa shape index (κ1) is 21.0. The quantitative estimate of drug-likeness (QED) is 0.611. The smallest absolute Gasteiger partial charge is 0.242 e. The molecular formula is C23H26N2O3S. The number of benzene rings is 3. The normalized spacial score (nSPS) is 12.7. The lowest BCUT2D eigenvalue weighted by Gasteiger charge is -2.18.